The minimum absolute atomic E-state index is 0.145. The summed E-state index contributed by atoms with van der Waals surface area (Å²) >= 11 is -1.56. The first kappa shape index (κ1) is 24.2. The summed E-state index contributed by atoms with van der Waals surface area (Å²) in [5.41, 5.74) is 1.80. The van der Waals surface area contributed by atoms with E-state index in [2.05, 4.69) is 38.6 Å². The molecule has 2 heterocycles. The van der Waals surface area contributed by atoms with Crippen molar-refractivity contribution in [1.82, 2.24) is 14.3 Å². The number of ether oxygens (including phenoxy) is 2. The van der Waals surface area contributed by atoms with Gasteiger partial charge in [-0.1, -0.05) is 48.5 Å². The number of benzene rings is 3. The molecule has 186 valence electrons. The maximum Gasteiger partial charge on any atom is 0.168 e. The van der Waals surface area contributed by atoms with E-state index in [4.69, 9.17) is 9.47 Å². The van der Waals surface area contributed by atoms with E-state index in [9.17, 15) is 9.32 Å². The highest BCUT2D eigenvalue weighted by molar-refractivity contribution is 7.81. The van der Waals surface area contributed by atoms with Gasteiger partial charge in [-0.05, 0) is 66.9 Å². The van der Waals surface area contributed by atoms with Crippen molar-refractivity contribution in [3.8, 4) is 11.5 Å². The third-order valence-electron chi connectivity index (χ3n) is 6.77. The number of aliphatic hydroxyl groups excluding tert-OH is 1. The highest BCUT2D eigenvalue weighted by Gasteiger charge is 2.28. The molecule has 4 atom stereocenters. The lowest BCUT2D eigenvalue weighted by Crippen LogP contribution is -2.47. The molecular weight excluding hydrogens is 462 g/mol. The molecule has 8 heteroatoms. The minimum Gasteiger partial charge on any atom is -0.486 e. The normalized spacial score (nSPS) is 19.4. The zero-order chi connectivity index (χ0) is 24.2. The Labute approximate surface area is 209 Å². The van der Waals surface area contributed by atoms with Gasteiger partial charge in [0.15, 0.2) is 22.7 Å². The molecule has 35 heavy (non-hydrogen) atoms. The van der Waals surface area contributed by atoms with Gasteiger partial charge in [-0.15, -0.1) is 0 Å². The fourth-order valence-corrected chi connectivity index (χ4v) is 5.94. The summed E-state index contributed by atoms with van der Waals surface area (Å²) in [5, 5.41) is 13.6. The second-order valence-corrected chi connectivity index (χ2v) is 10.3. The smallest absolute Gasteiger partial charge is 0.168 e. The van der Waals surface area contributed by atoms with E-state index in [-0.39, 0.29) is 6.04 Å². The van der Waals surface area contributed by atoms with Crippen LogP contribution in [-0.4, -0.2) is 53.1 Å². The number of nitrogens with zero attached hydrogens (tertiary/aromatic N) is 1. The van der Waals surface area contributed by atoms with Gasteiger partial charge in [0, 0.05) is 12.6 Å². The molecule has 3 aromatic rings. The van der Waals surface area contributed by atoms with Gasteiger partial charge >= 0.3 is 0 Å². The van der Waals surface area contributed by atoms with Crippen LogP contribution in [0.3, 0.4) is 0 Å². The van der Waals surface area contributed by atoms with Crippen molar-refractivity contribution in [3.05, 3.63) is 71.8 Å². The maximum absolute atomic E-state index is 13.2. The molecule has 1 fully saturated rings. The molecule has 0 saturated carbocycles. The fraction of sp³-hybridized carbons (Fsp3) is 0.407. The Balaban J connectivity index is 1.31. The van der Waals surface area contributed by atoms with Crippen LogP contribution in [0.4, 0.5) is 0 Å². The number of rotatable bonds is 9. The molecule has 0 aromatic heterocycles. The van der Waals surface area contributed by atoms with Crippen molar-refractivity contribution in [3.63, 3.8) is 0 Å². The van der Waals surface area contributed by atoms with E-state index in [1.165, 1.54) is 0 Å². The van der Waals surface area contributed by atoms with Crippen LogP contribution in [-0.2, 0) is 11.2 Å². The first-order valence-corrected chi connectivity index (χ1v) is 13.5. The van der Waals surface area contributed by atoms with E-state index in [1.807, 2.05) is 43.3 Å². The Bertz CT molecular complexity index is 1180. The number of hydrogen-bond acceptors (Lipinski definition) is 5. The lowest BCUT2D eigenvalue weighted by molar-refractivity contribution is 0.117. The summed E-state index contributed by atoms with van der Waals surface area (Å²) in [4.78, 5) is 2.31. The highest BCUT2D eigenvalue weighted by Crippen LogP contribution is 2.33. The van der Waals surface area contributed by atoms with Crippen molar-refractivity contribution < 1.29 is 18.8 Å². The van der Waals surface area contributed by atoms with E-state index < -0.39 is 23.3 Å². The molecule has 1 saturated heterocycles. The summed E-state index contributed by atoms with van der Waals surface area (Å²) in [6.07, 6.45) is 1.43. The third-order valence-corrected chi connectivity index (χ3v) is 7.86. The first-order valence-electron chi connectivity index (χ1n) is 12.3. The molecule has 0 amide bonds. The predicted octanol–water partition coefficient (Wildman–Crippen LogP) is 3.63. The molecule has 3 aromatic carbocycles. The zero-order valence-electron chi connectivity index (χ0n) is 20.0. The van der Waals surface area contributed by atoms with Crippen molar-refractivity contribution in [1.29, 1.82) is 0 Å². The van der Waals surface area contributed by atoms with Gasteiger partial charge in [0.05, 0.1) is 12.1 Å². The van der Waals surface area contributed by atoms with Gasteiger partial charge in [0.1, 0.15) is 13.2 Å². The van der Waals surface area contributed by atoms with Crippen LogP contribution in [0, 0.1) is 0 Å². The standard InChI is InChI=1S/C27H33N3O4S/c1-19(22-10-6-8-20-7-2-3-9-23(20)22)28-35(32)29-24(18-30-13-4-5-14-30)27(31)21-11-12-25-26(17-21)34-16-15-33-25/h2-3,6-12,17,19,24,27-29,31H,4-5,13-16,18H2,1H3/t19-,24+,27+,35?/m0/s1. The maximum atomic E-state index is 13.2. The lowest BCUT2D eigenvalue weighted by atomic mass is 10.0. The average molecular weight is 496 g/mol. The van der Waals surface area contributed by atoms with Crippen LogP contribution in [0.25, 0.3) is 10.8 Å². The molecule has 0 bridgehead atoms. The summed E-state index contributed by atoms with van der Waals surface area (Å²) in [6.45, 7) is 5.59. The number of fused-ring (bicyclic) bond motifs is 2. The van der Waals surface area contributed by atoms with Gasteiger partial charge in [-0.2, -0.15) is 0 Å². The summed E-state index contributed by atoms with van der Waals surface area (Å²) in [5.74, 6) is 1.32. The predicted molar refractivity (Wildman–Crippen MR) is 139 cm³/mol. The second-order valence-electron chi connectivity index (χ2n) is 9.26. The molecule has 0 aliphatic carbocycles. The monoisotopic (exact) mass is 495 g/mol. The Morgan fingerprint density at radius 1 is 0.971 bits per heavy atom. The first-order chi connectivity index (χ1) is 17.1. The number of hydrogen-bond donors (Lipinski definition) is 3. The molecule has 2 aliphatic rings. The third kappa shape index (κ3) is 5.68. The van der Waals surface area contributed by atoms with E-state index in [1.54, 1.807) is 0 Å². The van der Waals surface area contributed by atoms with Crippen molar-refractivity contribution in [2.45, 2.75) is 38.0 Å². The molecule has 0 spiro atoms. The van der Waals surface area contributed by atoms with Gasteiger partial charge in [-0.25, -0.2) is 13.7 Å². The molecule has 2 aliphatic heterocycles. The molecular formula is C27H33N3O4S. The van der Waals surface area contributed by atoms with E-state index >= 15 is 0 Å². The largest absolute Gasteiger partial charge is 0.486 e. The second kappa shape index (κ2) is 11.1. The van der Waals surface area contributed by atoms with E-state index in [0.717, 1.165) is 42.3 Å². The minimum atomic E-state index is -1.56. The van der Waals surface area contributed by atoms with Crippen molar-refractivity contribution in [2.75, 3.05) is 32.8 Å². The van der Waals surface area contributed by atoms with Crippen LogP contribution in [0.5, 0.6) is 11.5 Å². The highest BCUT2D eigenvalue weighted by atomic mass is 32.2. The van der Waals surface area contributed by atoms with Crippen LogP contribution >= 0.6 is 0 Å². The van der Waals surface area contributed by atoms with Gasteiger partial charge in [0.2, 0.25) is 0 Å². The molecule has 5 rings (SSSR count). The topological polar surface area (TPSA) is 83.1 Å². The Hall–Kier alpha value is -2.49. The quantitative estimate of drug-likeness (QED) is 0.422. The van der Waals surface area contributed by atoms with Crippen molar-refractivity contribution >= 4 is 21.9 Å². The number of aliphatic hydroxyl groups is 1. The lowest BCUT2D eigenvalue weighted by Gasteiger charge is -2.29. The van der Waals surface area contributed by atoms with Gasteiger partial charge in [0.25, 0.3) is 0 Å². The fourth-order valence-electron chi connectivity index (χ4n) is 4.94. The zero-order valence-corrected chi connectivity index (χ0v) is 20.8. The van der Waals surface area contributed by atoms with Crippen LogP contribution in [0.2, 0.25) is 0 Å². The number of nitrogens with one attached hydrogen (secondary N) is 2. The average Bonchev–Trinajstić information content (AvgIpc) is 3.40. The molecule has 0 radical (unpaired) electrons. The molecule has 3 N–H and O–H groups in total. The van der Waals surface area contributed by atoms with Gasteiger partial charge in [-0.3, -0.25) is 0 Å². The van der Waals surface area contributed by atoms with Gasteiger partial charge < -0.3 is 19.5 Å². The van der Waals surface area contributed by atoms with Crippen molar-refractivity contribution in [2.24, 2.45) is 0 Å². The molecule has 7 nitrogen and oxygen atoms in total. The number of likely N-dealkylation sites (tertiary alicyclic amines) is 1. The Morgan fingerprint density at radius 2 is 1.71 bits per heavy atom. The van der Waals surface area contributed by atoms with Crippen LogP contribution < -0.4 is 18.9 Å². The van der Waals surface area contributed by atoms with Crippen LogP contribution in [0.1, 0.15) is 43.0 Å². The van der Waals surface area contributed by atoms with E-state index in [0.29, 0.717) is 36.8 Å². The summed E-state index contributed by atoms with van der Waals surface area (Å²) in [7, 11) is 0. The summed E-state index contributed by atoms with van der Waals surface area (Å²) < 4.78 is 30.9. The Morgan fingerprint density at radius 3 is 2.54 bits per heavy atom. The summed E-state index contributed by atoms with van der Waals surface area (Å²) in [6, 6.07) is 19.3. The SMILES string of the molecule is C[C@H](NS(=O)N[C@H](CN1CCCC1)[C@H](O)c1ccc2c(c1)OCCO2)c1cccc2ccccc12. The Kier molecular flexibility index (Phi) is 7.65. The van der Waals surface area contributed by atoms with Crippen LogP contribution in [0.15, 0.2) is 60.7 Å². The molecule has 1 unspecified atom stereocenters.